The summed E-state index contributed by atoms with van der Waals surface area (Å²) < 4.78 is 33.2. The minimum absolute atomic E-state index is 0.103. The van der Waals surface area contributed by atoms with Crippen molar-refractivity contribution in [2.45, 2.75) is 37.9 Å². The largest absolute Gasteiger partial charge is 0.373 e. The van der Waals surface area contributed by atoms with E-state index in [9.17, 15) is 8.42 Å². The fourth-order valence-electron chi connectivity index (χ4n) is 2.98. The zero-order valence-corrected chi connectivity index (χ0v) is 13.8. The summed E-state index contributed by atoms with van der Waals surface area (Å²) in [6.07, 6.45) is 1.48. The summed E-state index contributed by atoms with van der Waals surface area (Å²) >= 11 is 0. The molecule has 1 aliphatic rings. The molecular formula is C16H20N2O3S. The van der Waals surface area contributed by atoms with Crippen molar-refractivity contribution < 1.29 is 13.2 Å². The van der Waals surface area contributed by atoms with Gasteiger partial charge in [-0.1, -0.05) is 6.07 Å². The van der Waals surface area contributed by atoms with Gasteiger partial charge in [-0.05, 0) is 44.5 Å². The SMILES string of the molecule is Cc1ccc(S(=O)(=O)N2CC(C)OC(C)C2)c2cccnc12. The number of benzene rings is 1. The number of hydrogen-bond donors (Lipinski definition) is 0. The Morgan fingerprint density at radius 2 is 1.86 bits per heavy atom. The minimum Gasteiger partial charge on any atom is -0.373 e. The third-order valence-electron chi connectivity index (χ3n) is 3.94. The van der Waals surface area contributed by atoms with Gasteiger partial charge >= 0.3 is 0 Å². The second-order valence-corrected chi connectivity index (χ2v) is 7.77. The number of rotatable bonds is 2. The highest BCUT2D eigenvalue weighted by atomic mass is 32.2. The van der Waals surface area contributed by atoms with Gasteiger partial charge in [0.25, 0.3) is 0 Å². The lowest BCUT2D eigenvalue weighted by atomic mass is 10.1. The van der Waals surface area contributed by atoms with Gasteiger partial charge in [-0.3, -0.25) is 4.98 Å². The average Bonchev–Trinajstić information content (AvgIpc) is 2.46. The molecule has 2 unspecified atom stereocenters. The molecule has 6 heteroatoms. The van der Waals surface area contributed by atoms with Crippen molar-refractivity contribution in [2.24, 2.45) is 0 Å². The van der Waals surface area contributed by atoms with Gasteiger partial charge in [-0.2, -0.15) is 4.31 Å². The van der Waals surface area contributed by atoms with Crippen LogP contribution in [-0.4, -0.2) is 43.0 Å². The first-order valence-electron chi connectivity index (χ1n) is 7.39. The van der Waals surface area contributed by atoms with E-state index < -0.39 is 10.0 Å². The summed E-state index contributed by atoms with van der Waals surface area (Å²) in [5.74, 6) is 0. The first-order chi connectivity index (χ1) is 10.4. The maximum atomic E-state index is 13.0. The molecule has 1 aliphatic heterocycles. The molecule has 0 bridgehead atoms. The van der Waals surface area contributed by atoms with Crippen LogP contribution in [-0.2, 0) is 14.8 Å². The number of fused-ring (bicyclic) bond motifs is 1. The van der Waals surface area contributed by atoms with Crippen molar-refractivity contribution in [3.8, 4) is 0 Å². The fraction of sp³-hybridized carbons (Fsp3) is 0.438. The van der Waals surface area contributed by atoms with Crippen LogP contribution in [0.2, 0.25) is 0 Å². The number of pyridine rings is 1. The summed E-state index contributed by atoms with van der Waals surface area (Å²) in [7, 11) is -3.56. The highest BCUT2D eigenvalue weighted by molar-refractivity contribution is 7.89. The zero-order valence-electron chi connectivity index (χ0n) is 13.0. The molecule has 0 saturated carbocycles. The van der Waals surface area contributed by atoms with E-state index in [1.165, 1.54) is 4.31 Å². The van der Waals surface area contributed by atoms with Gasteiger partial charge in [-0.15, -0.1) is 0 Å². The molecule has 1 saturated heterocycles. The number of morpholine rings is 1. The highest BCUT2D eigenvalue weighted by Crippen LogP contribution is 2.28. The van der Waals surface area contributed by atoms with Gasteiger partial charge in [0.15, 0.2) is 0 Å². The Bertz CT molecular complexity index is 794. The molecular weight excluding hydrogens is 300 g/mol. The highest BCUT2D eigenvalue weighted by Gasteiger charge is 2.33. The number of hydrogen-bond acceptors (Lipinski definition) is 4. The van der Waals surface area contributed by atoms with Crippen LogP contribution in [0.3, 0.4) is 0 Å². The van der Waals surface area contributed by atoms with Crippen molar-refractivity contribution in [2.75, 3.05) is 13.1 Å². The Labute approximate surface area is 131 Å². The van der Waals surface area contributed by atoms with Gasteiger partial charge in [-0.25, -0.2) is 8.42 Å². The van der Waals surface area contributed by atoms with Gasteiger partial charge < -0.3 is 4.74 Å². The monoisotopic (exact) mass is 320 g/mol. The standard InChI is InChI=1S/C16H20N2O3S/c1-11-6-7-15(14-5-4-8-17-16(11)14)22(19,20)18-9-12(2)21-13(3)10-18/h4-8,12-13H,9-10H2,1-3H3. The molecule has 2 aromatic rings. The first-order valence-corrected chi connectivity index (χ1v) is 8.83. The predicted molar refractivity (Wildman–Crippen MR) is 85.2 cm³/mol. The van der Waals surface area contributed by atoms with E-state index >= 15 is 0 Å². The number of nitrogens with zero attached hydrogens (tertiary/aromatic N) is 2. The predicted octanol–water partition coefficient (Wildman–Crippen LogP) is 2.34. The van der Waals surface area contributed by atoms with E-state index in [2.05, 4.69) is 4.98 Å². The molecule has 5 nitrogen and oxygen atoms in total. The van der Waals surface area contributed by atoms with Gasteiger partial charge in [0.2, 0.25) is 10.0 Å². The topological polar surface area (TPSA) is 59.5 Å². The molecule has 1 fully saturated rings. The van der Waals surface area contributed by atoms with E-state index in [0.717, 1.165) is 11.1 Å². The number of sulfonamides is 1. The smallest absolute Gasteiger partial charge is 0.243 e. The second-order valence-electron chi connectivity index (χ2n) is 5.86. The molecule has 0 aliphatic carbocycles. The van der Waals surface area contributed by atoms with Crippen LogP contribution in [0.15, 0.2) is 35.4 Å². The molecule has 1 aromatic carbocycles. The lowest BCUT2D eigenvalue weighted by Gasteiger charge is -2.34. The van der Waals surface area contributed by atoms with Crippen LogP contribution >= 0.6 is 0 Å². The van der Waals surface area contributed by atoms with Crippen LogP contribution in [0, 0.1) is 6.92 Å². The first kappa shape index (κ1) is 15.4. The van der Waals surface area contributed by atoms with Crippen LogP contribution in [0.1, 0.15) is 19.4 Å². The summed E-state index contributed by atoms with van der Waals surface area (Å²) in [6.45, 7) is 6.48. The number of ether oxygens (including phenoxy) is 1. The second kappa shape index (κ2) is 5.61. The third kappa shape index (κ3) is 2.62. The lowest BCUT2D eigenvalue weighted by Crippen LogP contribution is -2.48. The van der Waals surface area contributed by atoms with Gasteiger partial charge in [0.05, 0.1) is 22.6 Å². The summed E-state index contributed by atoms with van der Waals surface area (Å²) in [5.41, 5.74) is 1.70. The third-order valence-corrected chi connectivity index (χ3v) is 5.83. The zero-order chi connectivity index (χ0) is 15.9. The number of aryl methyl sites for hydroxylation is 1. The Morgan fingerprint density at radius 1 is 1.18 bits per heavy atom. The quantitative estimate of drug-likeness (QED) is 0.852. The summed E-state index contributed by atoms with van der Waals surface area (Å²) in [5, 5.41) is 0.675. The Kier molecular flexibility index (Phi) is 3.92. The van der Waals surface area contributed by atoms with E-state index in [-0.39, 0.29) is 12.2 Å². The fourth-order valence-corrected chi connectivity index (χ4v) is 4.75. The Morgan fingerprint density at radius 3 is 2.55 bits per heavy atom. The van der Waals surface area contributed by atoms with Crippen LogP contribution in [0.25, 0.3) is 10.9 Å². The van der Waals surface area contributed by atoms with Crippen molar-refractivity contribution >= 4 is 20.9 Å². The lowest BCUT2D eigenvalue weighted by molar-refractivity contribution is -0.0440. The van der Waals surface area contributed by atoms with Gasteiger partial charge in [0, 0.05) is 24.7 Å². The average molecular weight is 320 g/mol. The van der Waals surface area contributed by atoms with E-state index in [0.29, 0.717) is 23.4 Å². The normalized spacial score (nSPS) is 23.8. The molecule has 1 aromatic heterocycles. The van der Waals surface area contributed by atoms with E-state index in [4.69, 9.17) is 4.74 Å². The van der Waals surface area contributed by atoms with Crippen LogP contribution in [0.5, 0.6) is 0 Å². The molecule has 22 heavy (non-hydrogen) atoms. The number of aromatic nitrogens is 1. The Hall–Kier alpha value is -1.50. The molecule has 2 atom stereocenters. The van der Waals surface area contributed by atoms with Crippen molar-refractivity contribution in [3.63, 3.8) is 0 Å². The maximum absolute atomic E-state index is 13.0. The van der Waals surface area contributed by atoms with Crippen LogP contribution < -0.4 is 0 Å². The van der Waals surface area contributed by atoms with Crippen molar-refractivity contribution in [1.29, 1.82) is 0 Å². The molecule has 0 N–H and O–H groups in total. The van der Waals surface area contributed by atoms with Crippen LogP contribution in [0.4, 0.5) is 0 Å². The molecule has 2 heterocycles. The minimum atomic E-state index is -3.56. The summed E-state index contributed by atoms with van der Waals surface area (Å²) in [6, 6.07) is 7.08. The molecule has 118 valence electrons. The maximum Gasteiger partial charge on any atom is 0.243 e. The molecule has 0 radical (unpaired) electrons. The van der Waals surface area contributed by atoms with Gasteiger partial charge in [0.1, 0.15) is 0 Å². The van der Waals surface area contributed by atoms with E-state index in [1.54, 1.807) is 18.3 Å². The van der Waals surface area contributed by atoms with Crippen molar-refractivity contribution in [1.82, 2.24) is 9.29 Å². The van der Waals surface area contributed by atoms with E-state index in [1.807, 2.05) is 32.9 Å². The Balaban J connectivity index is 2.12. The molecule has 0 amide bonds. The molecule has 3 rings (SSSR count). The summed E-state index contributed by atoms with van der Waals surface area (Å²) in [4.78, 5) is 4.64. The molecule has 0 spiro atoms. The van der Waals surface area contributed by atoms with Crippen molar-refractivity contribution in [3.05, 3.63) is 36.0 Å².